The summed E-state index contributed by atoms with van der Waals surface area (Å²) in [6, 6.07) is 11.5. The molecule has 0 saturated carbocycles. The Bertz CT molecular complexity index is 1220. The summed E-state index contributed by atoms with van der Waals surface area (Å²) in [4.78, 5) is 13.3. The van der Waals surface area contributed by atoms with Crippen LogP contribution in [0.5, 0.6) is 0 Å². The molecule has 0 aliphatic carbocycles. The lowest BCUT2D eigenvalue weighted by atomic mass is 10.2. The molecule has 8 nitrogen and oxygen atoms in total. The Morgan fingerprint density at radius 2 is 1.96 bits per heavy atom. The molecule has 0 unspecified atom stereocenters. The number of aromatic amines is 1. The smallest absolute Gasteiger partial charge is 0.178 e. The minimum atomic E-state index is 0.663. The van der Waals surface area contributed by atoms with Crippen LogP contribution in [-0.4, -0.2) is 34.9 Å². The molecule has 0 aliphatic heterocycles. The molecule has 26 heavy (non-hydrogen) atoms. The average Bonchev–Trinajstić information content (AvgIpc) is 3.24. The van der Waals surface area contributed by atoms with E-state index in [1.807, 2.05) is 43.3 Å². The zero-order valence-corrected chi connectivity index (χ0v) is 13.9. The van der Waals surface area contributed by atoms with Crippen LogP contribution in [0.4, 0.5) is 11.5 Å². The van der Waals surface area contributed by atoms with Gasteiger partial charge in [0.2, 0.25) is 0 Å². The Balaban J connectivity index is 1.57. The van der Waals surface area contributed by atoms with Gasteiger partial charge in [0, 0.05) is 17.8 Å². The molecule has 0 amide bonds. The van der Waals surface area contributed by atoms with Crippen LogP contribution in [0.2, 0.25) is 0 Å². The van der Waals surface area contributed by atoms with Crippen molar-refractivity contribution in [3.8, 4) is 5.82 Å². The third-order valence-corrected chi connectivity index (χ3v) is 4.16. The van der Waals surface area contributed by atoms with Crippen LogP contribution in [0.3, 0.4) is 0 Å². The maximum absolute atomic E-state index is 4.58. The summed E-state index contributed by atoms with van der Waals surface area (Å²) in [5.41, 5.74) is 4.13. The van der Waals surface area contributed by atoms with Gasteiger partial charge < -0.3 is 5.32 Å². The van der Waals surface area contributed by atoms with Gasteiger partial charge in [-0.15, -0.1) is 0 Å². The summed E-state index contributed by atoms with van der Waals surface area (Å²) in [5.74, 6) is 1.40. The van der Waals surface area contributed by atoms with Crippen molar-refractivity contribution in [1.82, 2.24) is 34.9 Å². The first-order valence-corrected chi connectivity index (χ1v) is 8.12. The number of anilines is 2. The Kier molecular flexibility index (Phi) is 3.14. The number of H-pyrrole nitrogens is 1. The molecular formula is C18H14N8. The van der Waals surface area contributed by atoms with Gasteiger partial charge in [0.15, 0.2) is 17.3 Å². The van der Waals surface area contributed by atoms with Gasteiger partial charge in [-0.3, -0.25) is 10.1 Å². The fourth-order valence-corrected chi connectivity index (χ4v) is 2.93. The molecule has 0 radical (unpaired) electrons. The summed E-state index contributed by atoms with van der Waals surface area (Å²) in [5, 5.41) is 16.1. The normalized spacial score (nSPS) is 11.3. The fraction of sp³-hybridized carbons (Fsp3) is 0.0556. The zero-order chi connectivity index (χ0) is 17.5. The third kappa shape index (κ3) is 2.27. The lowest BCUT2D eigenvalue weighted by Crippen LogP contribution is -2.00. The van der Waals surface area contributed by atoms with E-state index in [1.165, 1.54) is 0 Å². The number of nitrogens with zero attached hydrogens (tertiary/aromatic N) is 6. The Hall–Kier alpha value is -3.81. The van der Waals surface area contributed by atoms with E-state index in [0.717, 1.165) is 39.3 Å². The highest BCUT2D eigenvalue weighted by molar-refractivity contribution is 5.89. The van der Waals surface area contributed by atoms with Crippen LogP contribution >= 0.6 is 0 Å². The molecule has 0 aliphatic rings. The Labute approximate surface area is 147 Å². The van der Waals surface area contributed by atoms with Gasteiger partial charge >= 0.3 is 0 Å². The van der Waals surface area contributed by atoms with E-state index >= 15 is 0 Å². The highest BCUT2D eigenvalue weighted by Gasteiger charge is 2.13. The van der Waals surface area contributed by atoms with Crippen molar-refractivity contribution in [3.63, 3.8) is 0 Å². The second kappa shape index (κ2) is 5.62. The minimum absolute atomic E-state index is 0.663. The number of hydrogen-bond acceptors (Lipinski definition) is 6. The van der Waals surface area contributed by atoms with E-state index in [2.05, 4.69) is 35.6 Å². The van der Waals surface area contributed by atoms with Crippen LogP contribution in [0.1, 0.15) is 5.69 Å². The van der Waals surface area contributed by atoms with Crippen molar-refractivity contribution in [2.45, 2.75) is 6.92 Å². The van der Waals surface area contributed by atoms with Crippen molar-refractivity contribution in [3.05, 3.63) is 60.7 Å². The van der Waals surface area contributed by atoms with Gasteiger partial charge in [-0.2, -0.15) is 14.9 Å². The molecule has 0 saturated heterocycles. The van der Waals surface area contributed by atoms with Crippen LogP contribution < -0.4 is 5.32 Å². The highest BCUT2D eigenvalue weighted by Crippen LogP contribution is 2.26. The molecule has 126 valence electrons. The van der Waals surface area contributed by atoms with Gasteiger partial charge in [0.25, 0.3) is 0 Å². The molecule has 8 heteroatoms. The van der Waals surface area contributed by atoms with Gasteiger partial charge in [-0.05, 0) is 37.3 Å². The maximum Gasteiger partial charge on any atom is 0.178 e. The largest absolute Gasteiger partial charge is 0.336 e. The van der Waals surface area contributed by atoms with Crippen molar-refractivity contribution in [2.24, 2.45) is 0 Å². The summed E-state index contributed by atoms with van der Waals surface area (Å²) in [6.07, 6.45) is 5.24. The predicted octanol–water partition coefficient (Wildman–Crippen LogP) is 3.14. The molecule has 0 fully saturated rings. The number of nitrogens with one attached hydrogen (secondary N) is 2. The second-order valence-corrected chi connectivity index (χ2v) is 5.88. The molecule has 0 bridgehead atoms. The number of pyridine rings is 3. The van der Waals surface area contributed by atoms with Crippen molar-refractivity contribution >= 4 is 33.6 Å². The highest BCUT2D eigenvalue weighted by atomic mass is 15.3. The van der Waals surface area contributed by atoms with Crippen molar-refractivity contribution in [1.29, 1.82) is 0 Å². The quantitative estimate of drug-likeness (QED) is 0.523. The third-order valence-electron chi connectivity index (χ3n) is 4.16. The molecule has 5 rings (SSSR count). The first-order chi connectivity index (χ1) is 12.8. The lowest BCUT2D eigenvalue weighted by Gasteiger charge is -2.04. The molecule has 2 N–H and O–H groups in total. The minimum Gasteiger partial charge on any atom is -0.336 e. The Morgan fingerprint density at radius 1 is 1.04 bits per heavy atom. The first-order valence-electron chi connectivity index (χ1n) is 8.12. The zero-order valence-electron chi connectivity index (χ0n) is 13.9. The van der Waals surface area contributed by atoms with Crippen molar-refractivity contribution < 1.29 is 0 Å². The molecule has 0 spiro atoms. The van der Waals surface area contributed by atoms with E-state index in [9.17, 15) is 0 Å². The average molecular weight is 342 g/mol. The second-order valence-electron chi connectivity index (χ2n) is 5.88. The van der Waals surface area contributed by atoms with E-state index in [-0.39, 0.29) is 0 Å². The molecule has 5 aromatic rings. The number of hydrogen-bond donors (Lipinski definition) is 2. The molecular weight excluding hydrogens is 328 g/mol. The first kappa shape index (κ1) is 14.5. The standard InChI is InChI=1S/C18H14N8/c1-11-13-9-12(22-17-16-14(23-24-17)5-4-8-20-16)10-21-18(13)26(25-11)15-6-2-3-7-19-15/h2-10H,1H3,(H2,22,23,24). The topological polar surface area (TPSA) is 97.2 Å². The SMILES string of the molecule is Cc1nn(-c2ccccn2)c2ncc(Nc3n[nH]c4cccnc34)cc12. The number of rotatable bonds is 3. The van der Waals surface area contributed by atoms with E-state index < -0.39 is 0 Å². The molecule has 5 heterocycles. The molecule has 0 atom stereocenters. The molecule has 5 aromatic heterocycles. The maximum atomic E-state index is 4.58. The fourth-order valence-electron chi connectivity index (χ4n) is 2.93. The summed E-state index contributed by atoms with van der Waals surface area (Å²) < 4.78 is 1.75. The van der Waals surface area contributed by atoms with Crippen molar-refractivity contribution in [2.75, 3.05) is 5.32 Å². The predicted molar refractivity (Wildman–Crippen MR) is 98.6 cm³/mol. The van der Waals surface area contributed by atoms with Crippen LogP contribution in [0, 0.1) is 6.92 Å². The van der Waals surface area contributed by atoms with Crippen LogP contribution in [-0.2, 0) is 0 Å². The van der Waals surface area contributed by atoms with Gasteiger partial charge in [0.1, 0.15) is 5.52 Å². The van der Waals surface area contributed by atoms with Crippen LogP contribution in [0.25, 0.3) is 27.9 Å². The van der Waals surface area contributed by atoms with E-state index in [1.54, 1.807) is 23.3 Å². The monoisotopic (exact) mass is 342 g/mol. The lowest BCUT2D eigenvalue weighted by molar-refractivity contribution is 0.847. The number of fused-ring (bicyclic) bond motifs is 2. The van der Waals surface area contributed by atoms with Gasteiger partial charge in [-0.25, -0.2) is 9.97 Å². The number of aryl methyl sites for hydroxylation is 1. The van der Waals surface area contributed by atoms with E-state index in [0.29, 0.717) is 5.82 Å². The summed E-state index contributed by atoms with van der Waals surface area (Å²) in [6.45, 7) is 1.96. The Morgan fingerprint density at radius 3 is 2.85 bits per heavy atom. The summed E-state index contributed by atoms with van der Waals surface area (Å²) >= 11 is 0. The van der Waals surface area contributed by atoms with E-state index in [4.69, 9.17) is 0 Å². The van der Waals surface area contributed by atoms with Crippen LogP contribution in [0.15, 0.2) is 55.0 Å². The van der Waals surface area contributed by atoms with Gasteiger partial charge in [-0.1, -0.05) is 6.07 Å². The van der Waals surface area contributed by atoms with Gasteiger partial charge in [0.05, 0.1) is 23.1 Å². The number of aromatic nitrogens is 7. The summed E-state index contributed by atoms with van der Waals surface area (Å²) in [7, 11) is 0. The molecule has 0 aromatic carbocycles.